The molecule has 3 aromatic rings. The summed E-state index contributed by atoms with van der Waals surface area (Å²) in [5.74, 6) is 6.36. The van der Waals surface area contributed by atoms with Crippen LogP contribution >= 0.6 is 0 Å². The van der Waals surface area contributed by atoms with Crippen LogP contribution in [0.1, 0.15) is 11.1 Å². The molecule has 0 saturated heterocycles. The molecule has 7 heteroatoms. The third-order valence-corrected chi connectivity index (χ3v) is 3.21. The number of anilines is 3. The second kappa shape index (κ2) is 4.78. The molecule has 0 spiro atoms. The Morgan fingerprint density at radius 1 is 1.15 bits per heavy atom. The van der Waals surface area contributed by atoms with Crippen LogP contribution in [-0.4, -0.2) is 20.2 Å². The molecule has 0 radical (unpaired) electrons. The van der Waals surface area contributed by atoms with Gasteiger partial charge in [-0.2, -0.15) is 15.1 Å². The average molecular weight is 269 g/mol. The van der Waals surface area contributed by atoms with Crippen molar-refractivity contribution in [1.29, 1.82) is 0 Å². The third-order valence-electron chi connectivity index (χ3n) is 3.21. The molecule has 102 valence electrons. The molecule has 0 saturated carbocycles. The van der Waals surface area contributed by atoms with E-state index in [1.54, 1.807) is 6.20 Å². The van der Waals surface area contributed by atoms with E-state index in [-0.39, 0.29) is 0 Å². The second-order valence-corrected chi connectivity index (χ2v) is 4.60. The summed E-state index contributed by atoms with van der Waals surface area (Å²) in [6, 6.07) is 6.14. The number of aromatic amines is 1. The number of fused-ring (bicyclic) bond motifs is 1. The molecule has 1 aromatic carbocycles. The van der Waals surface area contributed by atoms with Crippen LogP contribution in [0.4, 0.5) is 17.5 Å². The lowest BCUT2D eigenvalue weighted by molar-refractivity contribution is 1.08. The summed E-state index contributed by atoms with van der Waals surface area (Å²) in [5.41, 5.74) is 6.48. The van der Waals surface area contributed by atoms with E-state index in [0.717, 1.165) is 11.1 Å². The van der Waals surface area contributed by atoms with Crippen LogP contribution in [0.3, 0.4) is 0 Å². The smallest absolute Gasteiger partial charge is 0.241 e. The number of hydrazine groups is 1. The number of hydrogen-bond donors (Lipinski definition) is 4. The van der Waals surface area contributed by atoms with Gasteiger partial charge in [0.1, 0.15) is 5.82 Å². The number of aryl methyl sites for hydroxylation is 2. The molecule has 0 aliphatic carbocycles. The van der Waals surface area contributed by atoms with Gasteiger partial charge < -0.3 is 5.32 Å². The first-order chi connectivity index (χ1) is 9.67. The highest BCUT2D eigenvalue weighted by atomic mass is 15.3. The number of benzene rings is 1. The summed E-state index contributed by atoms with van der Waals surface area (Å²) in [5, 5.41) is 10.9. The zero-order chi connectivity index (χ0) is 14.1. The number of H-pyrrole nitrogens is 1. The zero-order valence-corrected chi connectivity index (χ0v) is 11.2. The lowest BCUT2D eigenvalue weighted by Gasteiger charge is -2.09. The molecule has 20 heavy (non-hydrogen) atoms. The lowest BCUT2D eigenvalue weighted by Crippen LogP contribution is -2.11. The Morgan fingerprint density at radius 2 is 2.00 bits per heavy atom. The zero-order valence-electron chi connectivity index (χ0n) is 11.2. The second-order valence-electron chi connectivity index (χ2n) is 4.60. The quantitative estimate of drug-likeness (QED) is 0.428. The van der Waals surface area contributed by atoms with Gasteiger partial charge in [-0.25, -0.2) is 5.84 Å². The molecular weight excluding hydrogens is 254 g/mol. The maximum absolute atomic E-state index is 5.38. The van der Waals surface area contributed by atoms with E-state index in [2.05, 4.69) is 56.9 Å². The highest BCUT2D eigenvalue weighted by Gasteiger charge is 2.09. The summed E-state index contributed by atoms with van der Waals surface area (Å²) >= 11 is 0. The molecule has 0 amide bonds. The highest BCUT2D eigenvalue weighted by molar-refractivity contribution is 5.89. The van der Waals surface area contributed by atoms with Crippen LogP contribution in [0.2, 0.25) is 0 Å². The Hall–Kier alpha value is -2.67. The minimum atomic E-state index is 0.327. The Balaban J connectivity index is 2.04. The molecule has 3 rings (SSSR count). The standard InChI is InChI=1S/C13H15N7/c1-7-3-4-9(5-8(7)2)16-11-10-6-15-20-12(10)18-13(17-11)19-14/h3-6H,14H2,1-2H3,(H3,15,16,17,18,19,20). The van der Waals surface area contributed by atoms with Gasteiger partial charge in [0.05, 0.1) is 11.6 Å². The van der Waals surface area contributed by atoms with Gasteiger partial charge in [0.25, 0.3) is 0 Å². The maximum Gasteiger partial charge on any atom is 0.241 e. The van der Waals surface area contributed by atoms with E-state index in [0.29, 0.717) is 17.4 Å². The molecule has 0 aliphatic heterocycles. The summed E-state index contributed by atoms with van der Waals surface area (Å²) in [6.07, 6.45) is 1.68. The van der Waals surface area contributed by atoms with Crippen molar-refractivity contribution >= 4 is 28.5 Å². The van der Waals surface area contributed by atoms with E-state index in [9.17, 15) is 0 Å². The van der Waals surface area contributed by atoms with Crippen molar-refractivity contribution in [2.75, 3.05) is 10.7 Å². The van der Waals surface area contributed by atoms with Crippen molar-refractivity contribution in [2.24, 2.45) is 5.84 Å². The van der Waals surface area contributed by atoms with Gasteiger partial charge in [0.2, 0.25) is 5.95 Å². The molecular formula is C13H15N7. The average Bonchev–Trinajstić information content (AvgIpc) is 2.91. The first-order valence-corrected chi connectivity index (χ1v) is 6.19. The molecule has 2 aromatic heterocycles. The van der Waals surface area contributed by atoms with Crippen molar-refractivity contribution in [3.8, 4) is 0 Å². The molecule has 5 N–H and O–H groups in total. The topological polar surface area (TPSA) is 105 Å². The molecule has 7 nitrogen and oxygen atoms in total. The number of hydrogen-bond acceptors (Lipinski definition) is 6. The maximum atomic E-state index is 5.38. The number of aromatic nitrogens is 4. The Morgan fingerprint density at radius 3 is 2.75 bits per heavy atom. The predicted molar refractivity (Wildman–Crippen MR) is 78.7 cm³/mol. The number of nitrogens with zero attached hydrogens (tertiary/aromatic N) is 3. The molecule has 0 aliphatic rings. The number of nitrogen functional groups attached to an aromatic ring is 1. The molecule has 0 atom stereocenters. The summed E-state index contributed by atoms with van der Waals surface area (Å²) in [4.78, 5) is 8.50. The fourth-order valence-electron chi connectivity index (χ4n) is 1.95. The van der Waals surface area contributed by atoms with Crippen molar-refractivity contribution < 1.29 is 0 Å². The fourth-order valence-corrected chi connectivity index (χ4v) is 1.95. The third kappa shape index (κ3) is 2.14. The largest absolute Gasteiger partial charge is 0.339 e. The Kier molecular flexibility index (Phi) is 2.96. The van der Waals surface area contributed by atoms with Gasteiger partial charge in [-0.05, 0) is 37.1 Å². The molecule has 0 unspecified atom stereocenters. The monoisotopic (exact) mass is 269 g/mol. The predicted octanol–water partition coefficient (Wildman–Crippen LogP) is 2.00. The van der Waals surface area contributed by atoms with Gasteiger partial charge in [0.15, 0.2) is 5.65 Å². The van der Waals surface area contributed by atoms with Gasteiger partial charge in [-0.3, -0.25) is 10.5 Å². The molecule has 0 bridgehead atoms. The van der Waals surface area contributed by atoms with Crippen molar-refractivity contribution in [2.45, 2.75) is 13.8 Å². The first kappa shape index (κ1) is 12.4. The minimum absolute atomic E-state index is 0.327. The van der Waals surface area contributed by atoms with Crippen molar-refractivity contribution in [3.63, 3.8) is 0 Å². The molecule has 0 fully saturated rings. The van der Waals surface area contributed by atoms with E-state index >= 15 is 0 Å². The first-order valence-electron chi connectivity index (χ1n) is 6.19. The van der Waals surface area contributed by atoms with Crippen LogP contribution in [0, 0.1) is 13.8 Å². The van der Waals surface area contributed by atoms with Crippen LogP contribution in [0.15, 0.2) is 24.4 Å². The Labute approximate surface area is 115 Å². The van der Waals surface area contributed by atoms with Gasteiger partial charge in [-0.1, -0.05) is 6.07 Å². The number of nitrogens with one attached hydrogen (secondary N) is 3. The van der Waals surface area contributed by atoms with Gasteiger partial charge in [0, 0.05) is 5.69 Å². The number of rotatable bonds is 3. The lowest BCUT2D eigenvalue weighted by atomic mass is 10.1. The van der Waals surface area contributed by atoms with Crippen LogP contribution in [0.5, 0.6) is 0 Å². The van der Waals surface area contributed by atoms with Gasteiger partial charge >= 0.3 is 0 Å². The van der Waals surface area contributed by atoms with Crippen LogP contribution in [0.25, 0.3) is 11.0 Å². The van der Waals surface area contributed by atoms with Crippen LogP contribution < -0.4 is 16.6 Å². The summed E-state index contributed by atoms with van der Waals surface area (Å²) < 4.78 is 0. The summed E-state index contributed by atoms with van der Waals surface area (Å²) in [7, 11) is 0. The fraction of sp³-hybridized carbons (Fsp3) is 0.154. The summed E-state index contributed by atoms with van der Waals surface area (Å²) in [6.45, 7) is 4.15. The number of nitrogens with two attached hydrogens (primary N) is 1. The van der Waals surface area contributed by atoms with E-state index < -0.39 is 0 Å². The van der Waals surface area contributed by atoms with E-state index in [1.807, 2.05) is 6.07 Å². The Bertz CT molecular complexity index is 763. The van der Waals surface area contributed by atoms with E-state index in [4.69, 9.17) is 5.84 Å². The van der Waals surface area contributed by atoms with Crippen molar-refractivity contribution in [1.82, 2.24) is 20.2 Å². The van der Waals surface area contributed by atoms with Gasteiger partial charge in [-0.15, -0.1) is 0 Å². The normalized spacial score (nSPS) is 10.8. The minimum Gasteiger partial charge on any atom is -0.339 e. The van der Waals surface area contributed by atoms with Crippen molar-refractivity contribution in [3.05, 3.63) is 35.5 Å². The highest BCUT2D eigenvalue weighted by Crippen LogP contribution is 2.24. The van der Waals surface area contributed by atoms with Crippen LogP contribution in [-0.2, 0) is 0 Å². The molecule has 2 heterocycles. The van der Waals surface area contributed by atoms with E-state index in [1.165, 1.54) is 11.1 Å². The SMILES string of the molecule is Cc1ccc(Nc2nc(NN)nc3[nH]ncc23)cc1C.